The summed E-state index contributed by atoms with van der Waals surface area (Å²) < 4.78 is 9.96. The summed E-state index contributed by atoms with van der Waals surface area (Å²) in [5, 5.41) is 4.65. The first kappa shape index (κ1) is 15.3. The van der Waals surface area contributed by atoms with Gasteiger partial charge in [0.1, 0.15) is 5.76 Å². The summed E-state index contributed by atoms with van der Waals surface area (Å²) >= 11 is 1.46. The Labute approximate surface area is 125 Å². The molecular formula is C14H16N2O4S. The van der Waals surface area contributed by atoms with E-state index in [9.17, 15) is 9.59 Å². The van der Waals surface area contributed by atoms with Gasteiger partial charge in [-0.1, -0.05) is 6.07 Å². The molecule has 1 unspecified atom stereocenters. The van der Waals surface area contributed by atoms with Crippen LogP contribution in [0.3, 0.4) is 0 Å². The predicted molar refractivity (Wildman–Crippen MR) is 77.8 cm³/mol. The largest absolute Gasteiger partial charge is 0.469 e. The fourth-order valence-electron chi connectivity index (χ4n) is 1.80. The van der Waals surface area contributed by atoms with Gasteiger partial charge in [0.05, 0.1) is 26.1 Å². The molecule has 112 valence electrons. The topological polar surface area (TPSA) is 94.6 Å². The van der Waals surface area contributed by atoms with Crippen molar-refractivity contribution in [2.24, 2.45) is 5.73 Å². The van der Waals surface area contributed by atoms with Gasteiger partial charge >= 0.3 is 5.97 Å². The van der Waals surface area contributed by atoms with Crippen molar-refractivity contribution in [2.75, 3.05) is 7.11 Å². The molecule has 0 saturated heterocycles. The second-order valence-corrected chi connectivity index (χ2v) is 5.27. The van der Waals surface area contributed by atoms with Crippen molar-refractivity contribution in [3.63, 3.8) is 0 Å². The number of carbonyl (C=O) groups excluding carboxylic acids is 2. The molecule has 21 heavy (non-hydrogen) atoms. The van der Waals surface area contributed by atoms with Crippen LogP contribution in [-0.2, 0) is 16.1 Å². The maximum absolute atomic E-state index is 12.2. The van der Waals surface area contributed by atoms with Crippen LogP contribution in [0.25, 0.3) is 0 Å². The molecule has 2 rings (SSSR count). The van der Waals surface area contributed by atoms with Gasteiger partial charge in [-0.25, -0.2) is 0 Å². The van der Waals surface area contributed by atoms with Gasteiger partial charge < -0.3 is 20.2 Å². The van der Waals surface area contributed by atoms with Gasteiger partial charge in [-0.3, -0.25) is 9.59 Å². The number of methoxy groups -OCH3 is 1. The summed E-state index contributed by atoms with van der Waals surface area (Å²) in [6.07, 6.45) is 0.0627. The van der Waals surface area contributed by atoms with Crippen molar-refractivity contribution in [2.45, 2.75) is 19.0 Å². The molecule has 2 heterocycles. The molecular weight excluding hydrogens is 292 g/mol. The zero-order valence-electron chi connectivity index (χ0n) is 11.5. The zero-order valence-corrected chi connectivity index (χ0v) is 12.3. The zero-order chi connectivity index (χ0) is 15.2. The van der Waals surface area contributed by atoms with Crippen LogP contribution >= 0.6 is 11.3 Å². The molecule has 0 spiro atoms. The van der Waals surface area contributed by atoms with E-state index in [1.54, 1.807) is 12.1 Å². The van der Waals surface area contributed by atoms with Gasteiger partial charge in [-0.2, -0.15) is 0 Å². The molecule has 0 aliphatic rings. The highest BCUT2D eigenvalue weighted by molar-refractivity contribution is 7.10. The maximum Gasteiger partial charge on any atom is 0.307 e. The lowest BCUT2D eigenvalue weighted by atomic mass is 10.1. The molecule has 2 aromatic rings. The highest BCUT2D eigenvalue weighted by atomic mass is 32.1. The van der Waals surface area contributed by atoms with Crippen molar-refractivity contribution in [1.82, 2.24) is 5.32 Å². The second kappa shape index (κ2) is 7.05. The number of hydrogen-bond acceptors (Lipinski definition) is 6. The molecule has 2 aromatic heterocycles. The van der Waals surface area contributed by atoms with E-state index >= 15 is 0 Å². The van der Waals surface area contributed by atoms with Crippen molar-refractivity contribution in [3.05, 3.63) is 46.0 Å². The van der Waals surface area contributed by atoms with E-state index in [1.807, 2.05) is 17.5 Å². The molecule has 7 heteroatoms. The van der Waals surface area contributed by atoms with Gasteiger partial charge in [-0.05, 0) is 23.6 Å². The number of esters is 1. The van der Waals surface area contributed by atoms with Crippen LogP contribution in [0.15, 0.2) is 34.1 Å². The number of hydrogen-bond donors (Lipinski definition) is 2. The number of nitrogens with two attached hydrogens (primary N) is 1. The summed E-state index contributed by atoms with van der Waals surface area (Å²) in [6.45, 7) is 0.226. The lowest BCUT2D eigenvalue weighted by Crippen LogP contribution is -2.29. The van der Waals surface area contributed by atoms with Crippen molar-refractivity contribution in [3.8, 4) is 0 Å². The lowest BCUT2D eigenvalue weighted by molar-refractivity contribution is -0.141. The van der Waals surface area contributed by atoms with Crippen molar-refractivity contribution >= 4 is 23.2 Å². The fourth-order valence-corrected chi connectivity index (χ4v) is 2.58. The molecule has 0 aliphatic carbocycles. The number of carbonyl (C=O) groups is 2. The minimum atomic E-state index is -0.448. The molecule has 0 aliphatic heterocycles. The van der Waals surface area contributed by atoms with Gasteiger partial charge in [0, 0.05) is 4.88 Å². The van der Waals surface area contributed by atoms with E-state index in [2.05, 4.69) is 10.1 Å². The Bertz CT molecular complexity index is 606. The van der Waals surface area contributed by atoms with Crippen LogP contribution < -0.4 is 11.1 Å². The van der Waals surface area contributed by atoms with Crippen LogP contribution in [0.5, 0.6) is 0 Å². The Kier molecular flexibility index (Phi) is 5.13. The molecule has 3 N–H and O–H groups in total. The van der Waals surface area contributed by atoms with Crippen LogP contribution in [0.1, 0.15) is 33.7 Å². The Hall–Kier alpha value is -2.12. The molecule has 0 saturated carbocycles. The second-order valence-electron chi connectivity index (χ2n) is 4.29. The van der Waals surface area contributed by atoms with E-state index in [1.165, 1.54) is 18.4 Å². The first-order valence-electron chi connectivity index (χ1n) is 6.34. The minimum Gasteiger partial charge on any atom is -0.469 e. The van der Waals surface area contributed by atoms with Crippen LogP contribution in [-0.4, -0.2) is 19.0 Å². The van der Waals surface area contributed by atoms with Gasteiger partial charge in [0.25, 0.3) is 5.91 Å². The smallest absolute Gasteiger partial charge is 0.307 e. The van der Waals surface area contributed by atoms with E-state index in [0.717, 1.165) is 4.88 Å². The Morgan fingerprint density at radius 1 is 1.43 bits per heavy atom. The summed E-state index contributed by atoms with van der Waals surface area (Å²) in [5.74, 6) is -0.0875. The molecule has 1 atom stereocenters. The predicted octanol–water partition coefficient (Wildman–Crippen LogP) is 1.83. The Morgan fingerprint density at radius 3 is 2.81 bits per heavy atom. The highest BCUT2D eigenvalue weighted by Crippen LogP contribution is 2.23. The standard InChI is InChI=1S/C14H16N2O4S/c1-19-13(17)7-10(12-3-2-6-21-12)16-14(18)11-5-4-9(8-15)20-11/h2-6,10H,7-8,15H2,1H3,(H,16,18). The molecule has 0 radical (unpaired) electrons. The first-order chi connectivity index (χ1) is 10.1. The van der Waals surface area contributed by atoms with Gasteiger partial charge in [-0.15, -0.1) is 11.3 Å². The Balaban J connectivity index is 2.10. The molecule has 0 bridgehead atoms. The number of rotatable bonds is 6. The van der Waals surface area contributed by atoms with Crippen molar-refractivity contribution in [1.29, 1.82) is 0 Å². The van der Waals surface area contributed by atoms with Gasteiger partial charge in [0.15, 0.2) is 5.76 Å². The third kappa shape index (κ3) is 3.93. The fraction of sp³-hybridized carbons (Fsp3) is 0.286. The number of thiophene rings is 1. The molecule has 0 aromatic carbocycles. The highest BCUT2D eigenvalue weighted by Gasteiger charge is 2.22. The molecule has 1 amide bonds. The lowest BCUT2D eigenvalue weighted by Gasteiger charge is -2.15. The van der Waals surface area contributed by atoms with E-state index in [4.69, 9.17) is 10.2 Å². The normalized spacial score (nSPS) is 11.9. The van der Waals surface area contributed by atoms with Gasteiger partial charge in [0.2, 0.25) is 0 Å². The number of amides is 1. The number of furan rings is 1. The average Bonchev–Trinajstić information content (AvgIpc) is 3.17. The quantitative estimate of drug-likeness (QED) is 0.794. The van der Waals surface area contributed by atoms with Crippen LogP contribution in [0, 0.1) is 0 Å². The third-order valence-electron chi connectivity index (χ3n) is 2.88. The van der Waals surface area contributed by atoms with E-state index < -0.39 is 17.9 Å². The summed E-state index contributed by atoms with van der Waals surface area (Å²) in [4.78, 5) is 24.5. The average molecular weight is 308 g/mol. The van der Waals surface area contributed by atoms with Crippen molar-refractivity contribution < 1.29 is 18.7 Å². The van der Waals surface area contributed by atoms with E-state index in [-0.39, 0.29) is 18.7 Å². The van der Waals surface area contributed by atoms with Crippen LogP contribution in [0.4, 0.5) is 0 Å². The first-order valence-corrected chi connectivity index (χ1v) is 7.22. The SMILES string of the molecule is COC(=O)CC(NC(=O)c1ccc(CN)o1)c1cccs1. The number of ether oxygens (including phenoxy) is 1. The third-order valence-corrected chi connectivity index (χ3v) is 3.86. The minimum absolute atomic E-state index is 0.0627. The summed E-state index contributed by atoms with van der Waals surface area (Å²) in [7, 11) is 1.32. The van der Waals surface area contributed by atoms with E-state index in [0.29, 0.717) is 5.76 Å². The molecule has 0 fully saturated rings. The summed E-state index contributed by atoms with van der Waals surface area (Å²) in [5.41, 5.74) is 5.44. The maximum atomic E-state index is 12.2. The molecule has 6 nitrogen and oxygen atoms in total. The Morgan fingerprint density at radius 2 is 2.24 bits per heavy atom. The number of nitrogens with one attached hydrogen (secondary N) is 1. The van der Waals surface area contributed by atoms with Crippen LogP contribution in [0.2, 0.25) is 0 Å². The summed E-state index contributed by atoms with van der Waals surface area (Å²) in [6, 6.07) is 6.47. The monoisotopic (exact) mass is 308 g/mol.